The van der Waals surface area contributed by atoms with Gasteiger partial charge in [0.15, 0.2) is 0 Å². The van der Waals surface area contributed by atoms with E-state index in [1.54, 1.807) is 48.5 Å². The minimum Gasteiger partial charge on any atom is -0.633 e. The van der Waals surface area contributed by atoms with Gasteiger partial charge in [0.1, 0.15) is 30.3 Å². The van der Waals surface area contributed by atoms with Gasteiger partial charge in [-0.3, -0.25) is 0 Å². The van der Waals surface area contributed by atoms with Crippen LogP contribution in [0.3, 0.4) is 0 Å². The number of hydroxylamine groups is 3. The number of likely N-dealkylation sites (tertiary alicyclic amines) is 1. The first-order valence-corrected chi connectivity index (χ1v) is 12.4. The van der Waals surface area contributed by atoms with Crippen LogP contribution in [0.25, 0.3) is 22.2 Å². The second-order valence-electron chi connectivity index (χ2n) is 9.52. The quantitative estimate of drug-likeness (QED) is 0.234. The Hall–Kier alpha value is -3.48. The van der Waals surface area contributed by atoms with E-state index in [4.69, 9.17) is 10.2 Å². The third-order valence-corrected chi connectivity index (χ3v) is 6.91. The number of aromatic nitrogens is 1. The highest BCUT2D eigenvalue weighted by Gasteiger charge is 2.19. The van der Waals surface area contributed by atoms with Crippen LogP contribution in [0.2, 0.25) is 0 Å². The smallest absolute Gasteiger partial charge is 0.137 e. The normalized spacial score (nSPS) is 18.1. The predicted molar refractivity (Wildman–Crippen MR) is 143 cm³/mol. The van der Waals surface area contributed by atoms with Gasteiger partial charge in [0, 0.05) is 17.4 Å². The van der Waals surface area contributed by atoms with E-state index in [-0.39, 0.29) is 30.3 Å². The fraction of sp³-hybridized carbons (Fsp3) is 0.333. The number of hydrogen-bond donors (Lipinski definition) is 2. The lowest BCUT2D eigenvalue weighted by Crippen LogP contribution is -2.45. The molecule has 1 aliphatic rings. The zero-order chi connectivity index (χ0) is 28.7. The summed E-state index contributed by atoms with van der Waals surface area (Å²) < 4.78 is 40.1. The van der Waals surface area contributed by atoms with Crippen LogP contribution in [0.15, 0.2) is 66.7 Å². The number of nitrogens with zero attached hydrogens (tertiary/aromatic N) is 2. The molecule has 6 heteroatoms. The Kier molecular flexibility index (Phi) is 5.60. The summed E-state index contributed by atoms with van der Waals surface area (Å²) in [4.78, 5) is 0. The van der Waals surface area contributed by atoms with Crippen molar-refractivity contribution in [2.75, 3.05) is 26.1 Å². The first-order valence-electron chi connectivity index (χ1n) is 14.4. The highest BCUT2D eigenvalue weighted by Crippen LogP contribution is 2.36. The van der Waals surface area contributed by atoms with Crippen LogP contribution in [0, 0.1) is 12.1 Å². The lowest BCUT2D eigenvalue weighted by Gasteiger charge is -2.41. The first-order chi connectivity index (χ1) is 18.9. The molecule has 0 unspecified atom stereocenters. The molecular weight excluding hydrogens is 452 g/mol. The summed E-state index contributed by atoms with van der Waals surface area (Å²) in [5.74, 6) is 0.474. The van der Waals surface area contributed by atoms with Crippen molar-refractivity contribution in [3.05, 3.63) is 83.1 Å². The van der Waals surface area contributed by atoms with E-state index < -0.39 is 17.7 Å². The van der Waals surface area contributed by atoms with Gasteiger partial charge in [-0.25, -0.2) is 0 Å². The first kappa shape index (κ1) is 19.7. The number of benzene rings is 3. The van der Waals surface area contributed by atoms with E-state index in [0.717, 1.165) is 46.1 Å². The lowest BCUT2D eigenvalue weighted by molar-refractivity contribution is -0.879. The maximum Gasteiger partial charge on any atom is 0.137 e. The monoisotopic (exact) mass is 490 g/mol. The van der Waals surface area contributed by atoms with Crippen LogP contribution >= 0.6 is 0 Å². The summed E-state index contributed by atoms with van der Waals surface area (Å²) in [5.41, 5.74) is 4.64. The van der Waals surface area contributed by atoms with Crippen LogP contribution in [0.5, 0.6) is 17.2 Å². The van der Waals surface area contributed by atoms with Gasteiger partial charge in [0.2, 0.25) is 0 Å². The average Bonchev–Trinajstić information content (AvgIpc) is 3.04. The van der Waals surface area contributed by atoms with E-state index in [1.165, 1.54) is 0 Å². The molecule has 1 aromatic heterocycles. The predicted octanol–water partition coefficient (Wildman–Crippen LogP) is 6.34. The number of fused-ring (bicyclic) bond motifs is 1. The highest BCUT2D eigenvalue weighted by molar-refractivity contribution is 5.92. The van der Waals surface area contributed by atoms with E-state index in [9.17, 15) is 15.4 Å². The summed E-state index contributed by atoms with van der Waals surface area (Å²) in [7, 11) is 0. The third-order valence-electron chi connectivity index (χ3n) is 6.91. The number of phenols is 2. The summed E-state index contributed by atoms with van der Waals surface area (Å²) in [5, 5.41) is 34.2. The largest absolute Gasteiger partial charge is 0.633 e. The van der Waals surface area contributed by atoms with Crippen molar-refractivity contribution < 1.29 is 25.1 Å². The fourth-order valence-corrected chi connectivity index (χ4v) is 4.99. The number of ether oxygens (including phenoxy) is 1. The Morgan fingerprint density at radius 2 is 1.58 bits per heavy atom. The molecule has 0 bridgehead atoms. The summed E-state index contributed by atoms with van der Waals surface area (Å²) in [6, 6.07) is 18.9. The van der Waals surface area contributed by atoms with Crippen LogP contribution in [0.4, 0.5) is 0 Å². The van der Waals surface area contributed by atoms with E-state index >= 15 is 0 Å². The standard InChI is InChI=1S/C30H34N2O4/c1-22-28-20-26(34)12-15-29(28)31(30(22)24-8-10-25(33)11-9-24)21-23-6-13-27(14-7-23)36-19-18-32(35)16-4-2-3-5-17-32/h6-15,20,33-34H,2-5,16-19,21H2,1H3/i18D2,19D2. The highest BCUT2D eigenvalue weighted by atomic mass is 16.6. The lowest BCUT2D eigenvalue weighted by atomic mass is 10.1. The number of phenolic OH excluding ortho intramolecular Hbond substituents is 2. The van der Waals surface area contributed by atoms with Crippen LogP contribution in [-0.2, 0) is 6.54 Å². The van der Waals surface area contributed by atoms with Crippen LogP contribution in [0.1, 0.15) is 42.3 Å². The number of hydrogen-bond acceptors (Lipinski definition) is 4. The second kappa shape index (κ2) is 10.2. The molecule has 0 amide bonds. The van der Waals surface area contributed by atoms with Gasteiger partial charge in [0.05, 0.1) is 24.3 Å². The Bertz CT molecular complexity index is 1490. The zero-order valence-corrected chi connectivity index (χ0v) is 20.4. The molecule has 188 valence electrons. The van der Waals surface area contributed by atoms with Gasteiger partial charge in [-0.15, -0.1) is 0 Å². The molecule has 2 heterocycles. The van der Waals surface area contributed by atoms with Crippen LogP contribution < -0.4 is 4.74 Å². The molecule has 2 N–H and O–H groups in total. The van der Waals surface area contributed by atoms with E-state index in [2.05, 4.69) is 4.57 Å². The van der Waals surface area contributed by atoms with Gasteiger partial charge in [-0.2, -0.15) is 0 Å². The molecule has 0 saturated carbocycles. The van der Waals surface area contributed by atoms with Crippen molar-refractivity contribution in [1.29, 1.82) is 0 Å². The molecule has 3 aromatic carbocycles. The number of aromatic hydroxyl groups is 2. The van der Waals surface area contributed by atoms with Crippen molar-refractivity contribution in [2.24, 2.45) is 0 Å². The van der Waals surface area contributed by atoms with Crippen molar-refractivity contribution in [2.45, 2.75) is 39.2 Å². The summed E-state index contributed by atoms with van der Waals surface area (Å²) in [6.07, 6.45) is 2.81. The van der Waals surface area contributed by atoms with Gasteiger partial charge < -0.3 is 29.4 Å². The molecule has 36 heavy (non-hydrogen) atoms. The van der Waals surface area contributed by atoms with Crippen LogP contribution in [-0.4, -0.2) is 45.6 Å². The minimum atomic E-state index is -2.83. The van der Waals surface area contributed by atoms with Crippen molar-refractivity contribution in [1.82, 2.24) is 4.57 Å². The Morgan fingerprint density at radius 3 is 2.28 bits per heavy atom. The average molecular weight is 491 g/mol. The van der Waals surface area contributed by atoms with E-state index in [1.807, 2.05) is 25.1 Å². The molecule has 0 radical (unpaired) electrons. The Morgan fingerprint density at radius 1 is 0.917 bits per heavy atom. The van der Waals surface area contributed by atoms with Crippen molar-refractivity contribution in [3.8, 4) is 28.5 Å². The Labute approximate surface area is 217 Å². The maximum absolute atomic E-state index is 13.4. The molecular formula is C30H34N2O4. The fourth-order valence-electron chi connectivity index (χ4n) is 4.99. The Balaban J connectivity index is 1.43. The molecule has 5 rings (SSSR count). The van der Waals surface area contributed by atoms with Gasteiger partial charge >= 0.3 is 0 Å². The summed E-state index contributed by atoms with van der Waals surface area (Å²) in [6.45, 7) is -3.10. The number of rotatable bonds is 7. The minimum absolute atomic E-state index is 0.0280. The van der Waals surface area contributed by atoms with Crippen molar-refractivity contribution >= 4 is 10.9 Å². The van der Waals surface area contributed by atoms with Gasteiger partial charge in [-0.05, 0) is 104 Å². The molecule has 6 nitrogen and oxygen atoms in total. The number of quaternary nitrogens is 1. The van der Waals surface area contributed by atoms with Crippen molar-refractivity contribution in [3.63, 3.8) is 0 Å². The zero-order valence-electron chi connectivity index (χ0n) is 24.4. The topological polar surface area (TPSA) is 77.7 Å². The van der Waals surface area contributed by atoms with Gasteiger partial charge in [-0.1, -0.05) is 12.1 Å². The van der Waals surface area contributed by atoms with E-state index in [0.29, 0.717) is 19.4 Å². The molecule has 0 aliphatic carbocycles. The molecule has 1 saturated heterocycles. The second-order valence-corrected chi connectivity index (χ2v) is 9.52. The number of aryl methyl sites for hydroxylation is 1. The molecule has 4 aromatic rings. The maximum atomic E-state index is 13.4. The molecule has 0 atom stereocenters. The SMILES string of the molecule is [2H]C([2H])(Oc1ccc(Cn2c(-c3ccc(O)cc3)c(C)c3cc(O)ccc32)cc1)C([2H])([2H])[N+]1([O-])CCCCCC1. The molecule has 0 spiro atoms. The molecule has 1 fully saturated rings. The van der Waals surface area contributed by atoms with Gasteiger partial charge in [0.25, 0.3) is 0 Å². The third kappa shape index (κ3) is 5.20. The summed E-state index contributed by atoms with van der Waals surface area (Å²) >= 11 is 0. The molecule has 1 aliphatic heterocycles.